The number of carbonyl (C=O) groups is 3. The van der Waals surface area contributed by atoms with Gasteiger partial charge in [0.15, 0.2) is 5.13 Å². The van der Waals surface area contributed by atoms with Crippen LogP contribution in [0.2, 0.25) is 0 Å². The third-order valence-corrected chi connectivity index (χ3v) is 4.83. The third kappa shape index (κ3) is 3.30. The summed E-state index contributed by atoms with van der Waals surface area (Å²) < 4.78 is 0. The van der Waals surface area contributed by atoms with Crippen molar-refractivity contribution >= 4 is 34.3 Å². The molecular formula is C19H14N4O3S. The van der Waals surface area contributed by atoms with Crippen molar-refractivity contribution in [2.45, 2.75) is 0 Å². The number of aromatic nitrogens is 1. The van der Waals surface area contributed by atoms with Crippen LogP contribution in [-0.2, 0) is 0 Å². The van der Waals surface area contributed by atoms with E-state index < -0.39 is 17.8 Å². The lowest BCUT2D eigenvalue weighted by molar-refractivity contribution is 0.0648. The van der Waals surface area contributed by atoms with E-state index in [4.69, 9.17) is 0 Å². The van der Waals surface area contributed by atoms with Crippen molar-refractivity contribution in [1.29, 1.82) is 0 Å². The van der Waals surface area contributed by atoms with Crippen LogP contribution in [0.3, 0.4) is 0 Å². The Bertz CT molecular complexity index is 997. The summed E-state index contributed by atoms with van der Waals surface area (Å²) in [6.07, 6.45) is 0. The van der Waals surface area contributed by atoms with Crippen LogP contribution in [0, 0.1) is 0 Å². The highest BCUT2D eigenvalue weighted by atomic mass is 32.1. The minimum absolute atomic E-state index is 0.213. The van der Waals surface area contributed by atoms with Crippen molar-refractivity contribution < 1.29 is 14.4 Å². The van der Waals surface area contributed by atoms with E-state index in [0.29, 0.717) is 16.3 Å². The standard InChI is InChI=1S/C19H14N4O3S/c24-16-13-8-4-5-9-14(13)17(25)23(16)11-20-18(26)22-19-21-15(10-27-19)12-6-2-1-3-7-12/h1-10H,11H2,(H2,20,21,22,26). The summed E-state index contributed by atoms with van der Waals surface area (Å²) in [5, 5.41) is 7.40. The van der Waals surface area contributed by atoms with Crippen molar-refractivity contribution in [2.75, 3.05) is 12.0 Å². The minimum atomic E-state index is -0.541. The topological polar surface area (TPSA) is 91.4 Å². The fraction of sp³-hybridized carbons (Fsp3) is 0.0526. The Morgan fingerprint density at radius 2 is 1.59 bits per heavy atom. The molecule has 2 heterocycles. The Hall–Kier alpha value is -3.52. The summed E-state index contributed by atoms with van der Waals surface area (Å²) in [7, 11) is 0. The van der Waals surface area contributed by atoms with Crippen molar-refractivity contribution in [3.8, 4) is 11.3 Å². The van der Waals surface area contributed by atoms with Crippen LogP contribution in [0.4, 0.5) is 9.93 Å². The summed E-state index contributed by atoms with van der Waals surface area (Å²) in [5.41, 5.74) is 2.40. The Morgan fingerprint density at radius 1 is 0.963 bits per heavy atom. The van der Waals surface area contributed by atoms with Crippen molar-refractivity contribution in [3.63, 3.8) is 0 Å². The molecule has 2 N–H and O–H groups in total. The van der Waals surface area contributed by atoms with Crippen LogP contribution in [0.1, 0.15) is 20.7 Å². The van der Waals surface area contributed by atoms with Gasteiger partial charge < -0.3 is 5.32 Å². The Balaban J connectivity index is 1.37. The molecule has 27 heavy (non-hydrogen) atoms. The maximum Gasteiger partial charge on any atom is 0.322 e. The molecule has 0 saturated heterocycles. The number of thiazole rings is 1. The van der Waals surface area contributed by atoms with Gasteiger partial charge in [-0.05, 0) is 12.1 Å². The molecule has 0 spiro atoms. The number of rotatable bonds is 4. The van der Waals surface area contributed by atoms with Gasteiger partial charge in [-0.3, -0.25) is 19.8 Å². The molecular weight excluding hydrogens is 364 g/mol. The first kappa shape index (κ1) is 16.9. The zero-order valence-corrected chi connectivity index (χ0v) is 14.8. The molecule has 134 valence electrons. The van der Waals surface area contributed by atoms with Crippen LogP contribution in [0.15, 0.2) is 60.0 Å². The average Bonchev–Trinajstić information content (AvgIpc) is 3.25. The molecule has 0 saturated carbocycles. The van der Waals surface area contributed by atoms with E-state index in [0.717, 1.165) is 16.2 Å². The quantitative estimate of drug-likeness (QED) is 0.682. The molecule has 1 aliphatic heterocycles. The number of nitrogens with zero attached hydrogens (tertiary/aromatic N) is 2. The highest BCUT2D eigenvalue weighted by Crippen LogP contribution is 2.24. The number of carbonyl (C=O) groups excluding carboxylic acids is 3. The second kappa shape index (κ2) is 7.00. The summed E-state index contributed by atoms with van der Waals surface area (Å²) >= 11 is 1.29. The minimum Gasteiger partial charge on any atom is -0.320 e. The highest BCUT2D eigenvalue weighted by molar-refractivity contribution is 7.14. The van der Waals surface area contributed by atoms with Gasteiger partial charge in [0.05, 0.1) is 16.8 Å². The lowest BCUT2D eigenvalue weighted by atomic mass is 10.1. The van der Waals surface area contributed by atoms with E-state index in [-0.39, 0.29) is 6.67 Å². The molecule has 0 bridgehead atoms. The first-order valence-electron chi connectivity index (χ1n) is 8.14. The highest BCUT2D eigenvalue weighted by Gasteiger charge is 2.35. The number of imide groups is 1. The predicted octanol–water partition coefficient (Wildman–Crippen LogP) is 3.19. The van der Waals surface area contributed by atoms with Gasteiger partial charge in [-0.25, -0.2) is 9.78 Å². The molecule has 2 aromatic carbocycles. The van der Waals surface area contributed by atoms with E-state index in [1.54, 1.807) is 24.3 Å². The second-order valence-electron chi connectivity index (χ2n) is 5.78. The fourth-order valence-corrected chi connectivity index (χ4v) is 3.46. The van der Waals surface area contributed by atoms with E-state index in [2.05, 4.69) is 15.6 Å². The lowest BCUT2D eigenvalue weighted by Crippen LogP contribution is -2.42. The number of fused-ring (bicyclic) bond motifs is 1. The molecule has 4 amide bonds. The van der Waals surface area contributed by atoms with Crippen LogP contribution in [0.25, 0.3) is 11.3 Å². The number of hydrogen-bond acceptors (Lipinski definition) is 5. The molecule has 8 heteroatoms. The van der Waals surface area contributed by atoms with Crippen molar-refractivity contribution in [2.24, 2.45) is 0 Å². The van der Waals surface area contributed by atoms with Gasteiger partial charge in [-0.15, -0.1) is 11.3 Å². The van der Waals surface area contributed by atoms with Gasteiger partial charge in [0.1, 0.15) is 6.67 Å². The molecule has 0 fully saturated rings. The largest absolute Gasteiger partial charge is 0.322 e. The van der Waals surface area contributed by atoms with Crippen LogP contribution < -0.4 is 10.6 Å². The van der Waals surface area contributed by atoms with E-state index in [1.165, 1.54) is 11.3 Å². The smallest absolute Gasteiger partial charge is 0.320 e. The van der Waals surface area contributed by atoms with Gasteiger partial charge in [0.25, 0.3) is 11.8 Å². The Kier molecular flexibility index (Phi) is 4.39. The van der Waals surface area contributed by atoms with Gasteiger partial charge in [0, 0.05) is 10.9 Å². The molecule has 1 aromatic heterocycles. The van der Waals surface area contributed by atoms with Crippen molar-refractivity contribution in [1.82, 2.24) is 15.2 Å². The lowest BCUT2D eigenvalue weighted by Gasteiger charge is -2.14. The normalized spacial score (nSPS) is 12.8. The Labute approximate surface area is 158 Å². The number of urea groups is 1. The van der Waals surface area contributed by atoms with Crippen LogP contribution >= 0.6 is 11.3 Å². The first-order chi connectivity index (χ1) is 13.1. The number of nitrogens with one attached hydrogen (secondary N) is 2. The maximum absolute atomic E-state index is 12.3. The molecule has 0 radical (unpaired) electrons. The third-order valence-electron chi connectivity index (χ3n) is 4.07. The molecule has 7 nitrogen and oxygen atoms in total. The van der Waals surface area contributed by atoms with Gasteiger partial charge in [0.2, 0.25) is 0 Å². The SMILES string of the molecule is O=C(NCN1C(=O)c2ccccc2C1=O)Nc1nc(-c2ccccc2)cs1. The number of amides is 4. The maximum atomic E-state index is 12.3. The van der Waals surface area contributed by atoms with Crippen LogP contribution in [-0.4, -0.2) is 34.4 Å². The van der Waals surface area contributed by atoms with Crippen molar-refractivity contribution in [3.05, 3.63) is 71.1 Å². The molecule has 0 unspecified atom stereocenters. The van der Waals surface area contributed by atoms with E-state index in [9.17, 15) is 14.4 Å². The number of hydrogen-bond donors (Lipinski definition) is 2. The summed E-state index contributed by atoms with van der Waals surface area (Å²) in [6, 6.07) is 15.6. The number of anilines is 1. The predicted molar refractivity (Wildman–Crippen MR) is 102 cm³/mol. The van der Waals surface area contributed by atoms with E-state index >= 15 is 0 Å². The van der Waals surface area contributed by atoms with E-state index in [1.807, 2.05) is 35.7 Å². The Morgan fingerprint density at radius 3 is 2.26 bits per heavy atom. The molecule has 1 aliphatic rings. The summed E-state index contributed by atoms with van der Waals surface area (Å²) in [5.74, 6) is -0.840. The number of benzene rings is 2. The van der Waals surface area contributed by atoms with Gasteiger partial charge in [-0.1, -0.05) is 42.5 Å². The monoisotopic (exact) mass is 378 g/mol. The fourth-order valence-electron chi connectivity index (χ4n) is 2.75. The average molecular weight is 378 g/mol. The first-order valence-corrected chi connectivity index (χ1v) is 9.02. The molecule has 0 atom stereocenters. The molecule has 3 aromatic rings. The summed E-state index contributed by atoms with van der Waals surface area (Å²) in [6.45, 7) is -0.213. The molecule has 4 rings (SSSR count). The second-order valence-corrected chi connectivity index (χ2v) is 6.63. The summed E-state index contributed by atoms with van der Waals surface area (Å²) in [4.78, 5) is 42.0. The van der Waals surface area contributed by atoms with Gasteiger partial charge in [-0.2, -0.15) is 0 Å². The zero-order valence-electron chi connectivity index (χ0n) is 14.0. The van der Waals surface area contributed by atoms with Crippen LogP contribution in [0.5, 0.6) is 0 Å². The zero-order chi connectivity index (χ0) is 18.8. The molecule has 0 aliphatic carbocycles. The van der Waals surface area contributed by atoms with Gasteiger partial charge >= 0.3 is 6.03 Å².